The number of hydrogen-bond acceptors (Lipinski definition) is 3. The summed E-state index contributed by atoms with van der Waals surface area (Å²) in [7, 11) is 1.80. The van der Waals surface area contributed by atoms with Gasteiger partial charge in [-0.15, -0.1) is 0 Å². The van der Waals surface area contributed by atoms with Gasteiger partial charge in [0.25, 0.3) is 0 Å². The number of aliphatic hydroxyl groups is 1. The van der Waals surface area contributed by atoms with Crippen molar-refractivity contribution in [2.75, 3.05) is 0 Å². The SMILES string of the molecule is Cn1cc(C(O)c2occc2Br)cn1. The van der Waals surface area contributed by atoms with Crippen molar-refractivity contribution >= 4 is 15.9 Å². The minimum absolute atomic E-state index is 0.498. The van der Waals surface area contributed by atoms with Crippen LogP contribution in [0.2, 0.25) is 0 Å². The van der Waals surface area contributed by atoms with Crippen LogP contribution >= 0.6 is 15.9 Å². The molecule has 0 spiro atoms. The molecule has 0 fully saturated rings. The van der Waals surface area contributed by atoms with Crippen LogP contribution in [0.25, 0.3) is 0 Å². The van der Waals surface area contributed by atoms with Gasteiger partial charge in [-0.05, 0) is 22.0 Å². The van der Waals surface area contributed by atoms with Crippen LogP contribution in [0.1, 0.15) is 17.4 Å². The highest BCUT2D eigenvalue weighted by Gasteiger charge is 2.18. The van der Waals surface area contributed by atoms with Gasteiger partial charge in [-0.25, -0.2) is 0 Å². The molecule has 2 aromatic heterocycles. The number of aryl methyl sites for hydroxylation is 1. The average Bonchev–Trinajstić information content (AvgIpc) is 2.73. The second-order valence-corrected chi connectivity index (χ2v) is 3.84. The molecule has 0 saturated heterocycles. The van der Waals surface area contributed by atoms with E-state index in [-0.39, 0.29) is 0 Å². The number of furan rings is 1. The maximum Gasteiger partial charge on any atom is 0.151 e. The molecule has 0 aliphatic carbocycles. The number of rotatable bonds is 2. The third kappa shape index (κ3) is 1.60. The van der Waals surface area contributed by atoms with E-state index in [4.69, 9.17) is 4.42 Å². The molecule has 1 unspecified atom stereocenters. The van der Waals surface area contributed by atoms with Crippen molar-refractivity contribution in [2.24, 2.45) is 7.05 Å². The molecule has 0 bridgehead atoms. The summed E-state index contributed by atoms with van der Waals surface area (Å²) < 4.78 is 7.55. The molecule has 74 valence electrons. The summed E-state index contributed by atoms with van der Waals surface area (Å²) in [5.41, 5.74) is 0.711. The predicted molar refractivity (Wildman–Crippen MR) is 53.7 cm³/mol. The maximum absolute atomic E-state index is 9.90. The number of aliphatic hydroxyl groups excluding tert-OH is 1. The molecular weight excluding hydrogens is 248 g/mol. The molecule has 0 saturated carbocycles. The first-order valence-electron chi connectivity index (χ1n) is 4.08. The van der Waals surface area contributed by atoms with Gasteiger partial charge in [0.2, 0.25) is 0 Å². The van der Waals surface area contributed by atoms with Gasteiger partial charge in [0.05, 0.1) is 16.9 Å². The van der Waals surface area contributed by atoms with E-state index in [9.17, 15) is 5.11 Å². The highest BCUT2D eigenvalue weighted by Crippen LogP contribution is 2.28. The van der Waals surface area contributed by atoms with Crippen LogP contribution in [0, 0.1) is 0 Å². The fourth-order valence-electron chi connectivity index (χ4n) is 1.23. The average molecular weight is 257 g/mol. The number of hydrogen-bond donors (Lipinski definition) is 1. The molecule has 0 radical (unpaired) electrons. The van der Waals surface area contributed by atoms with Gasteiger partial charge in [0, 0.05) is 18.8 Å². The van der Waals surface area contributed by atoms with Crippen molar-refractivity contribution in [3.8, 4) is 0 Å². The molecule has 0 amide bonds. The molecule has 1 N–H and O–H groups in total. The van der Waals surface area contributed by atoms with Crippen molar-refractivity contribution in [3.63, 3.8) is 0 Å². The zero-order chi connectivity index (χ0) is 10.1. The Kier molecular flexibility index (Phi) is 2.43. The molecule has 4 nitrogen and oxygen atoms in total. The zero-order valence-electron chi connectivity index (χ0n) is 7.51. The summed E-state index contributed by atoms with van der Waals surface area (Å²) in [6.45, 7) is 0. The fraction of sp³-hybridized carbons (Fsp3) is 0.222. The molecule has 1 atom stereocenters. The predicted octanol–water partition coefficient (Wildman–Crippen LogP) is 1.86. The smallest absolute Gasteiger partial charge is 0.151 e. The summed E-state index contributed by atoms with van der Waals surface area (Å²) in [6, 6.07) is 1.74. The molecule has 14 heavy (non-hydrogen) atoms. The van der Waals surface area contributed by atoms with Gasteiger partial charge in [0.15, 0.2) is 5.76 Å². The van der Waals surface area contributed by atoms with E-state index in [0.29, 0.717) is 11.3 Å². The number of halogens is 1. The van der Waals surface area contributed by atoms with Crippen LogP contribution in [0.5, 0.6) is 0 Å². The lowest BCUT2D eigenvalue weighted by Crippen LogP contribution is -1.97. The zero-order valence-corrected chi connectivity index (χ0v) is 9.10. The Morgan fingerprint density at radius 2 is 2.43 bits per heavy atom. The van der Waals surface area contributed by atoms with E-state index in [1.807, 2.05) is 0 Å². The van der Waals surface area contributed by atoms with E-state index in [1.54, 1.807) is 30.2 Å². The van der Waals surface area contributed by atoms with Gasteiger partial charge in [0.1, 0.15) is 6.10 Å². The van der Waals surface area contributed by atoms with E-state index in [1.165, 1.54) is 6.26 Å². The molecule has 0 aromatic carbocycles. The third-order valence-corrected chi connectivity index (χ3v) is 2.59. The highest BCUT2D eigenvalue weighted by atomic mass is 79.9. The first-order valence-corrected chi connectivity index (χ1v) is 4.87. The van der Waals surface area contributed by atoms with Crippen LogP contribution in [-0.4, -0.2) is 14.9 Å². The Balaban J connectivity index is 2.33. The Morgan fingerprint density at radius 1 is 1.64 bits per heavy atom. The lowest BCUT2D eigenvalue weighted by molar-refractivity contribution is 0.188. The fourth-order valence-corrected chi connectivity index (χ4v) is 1.65. The van der Waals surface area contributed by atoms with Crippen molar-refractivity contribution in [3.05, 3.63) is 40.5 Å². The summed E-state index contributed by atoms with van der Waals surface area (Å²) >= 11 is 3.29. The first kappa shape index (κ1) is 9.48. The molecule has 2 rings (SSSR count). The first-order chi connectivity index (χ1) is 6.68. The van der Waals surface area contributed by atoms with E-state index >= 15 is 0 Å². The van der Waals surface area contributed by atoms with Crippen molar-refractivity contribution in [1.82, 2.24) is 9.78 Å². The Morgan fingerprint density at radius 3 is 2.93 bits per heavy atom. The van der Waals surface area contributed by atoms with Crippen LogP contribution in [0.4, 0.5) is 0 Å². The lowest BCUT2D eigenvalue weighted by atomic mass is 10.1. The molecule has 0 aliphatic heterocycles. The normalized spacial score (nSPS) is 13.1. The number of nitrogens with zero attached hydrogens (tertiary/aromatic N) is 2. The van der Waals surface area contributed by atoms with Gasteiger partial charge >= 0.3 is 0 Å². The quantitative estimate of drug-likeness (QED) is 0.893. The second kappa shape index (κ2) is 3.59. The summed E-state index contributed by atoms with van der Waals surface area (Å²) in [4.78, 5) is 0. The Labute approximate surface area is 89.3 Å². The minimum Gasteiger partial charge on any atom is -0.465 e. The van der Waals surface area contributed by atoms with Crippen molar-refractivity contribution < 1.29 is 9.52 Å². The monoisotopic (exact) mass is 256 g/mol. The molecule has 2 heterocycles. The standard InChI is InChI=1S/C9H9BrN2O2/c1-12-5-6(4-11-12)8(13)9-7(10)2-3-14-9/h2-5,8,13H,1H3. The largest absolute Gasteiger partial charge is 0.465 e. The van der Waals surface area contributed by atoms with Gasteiger partial charge in [-0.3, -0.25) is 4.68 Å². The van der Waals surface area contributed by atoms with Crippen LogP contribution < -0.4 is 0 Å². The maximum atomic E-state index is 9.90. The van der Waals surface area contributed by atoms with E-state index < -0.39 is 6.10 Å². The van der Waals surface area contributed by atoms with Crippen LogP contribution in [0.3, 0.4) is 0 Å². The van der Waals surface area contributed by atoms with Gasteiger partial charge in [-0.1, -0.05) is 0 Å². The number of aromatic nitrogens is 2. The molecular formula is C9H9BrN2O2. The minimum atomic E-state index is -0.770. The Bertz CT molecular complexity index is 435. The highest BCUT2D eigenvalue weighted by molar-refractivity contribution is 9.10. The topological polar surface area (TPSA) is 51.2 Å². The van der Waals surface area contributed by atoms with Crippen LogP contribution in [-0.2, 0) is 7.05 Å². The van der Waals surface area contributed by atoms with Crippen LogP contribution in [0.15, 0.2) is 33.6 Å². The van der Waals surface area contributed by atoms with Gasteiger partial charge < -0.3 is 9.52 Å². The molecule has 5 heteroatoms. The summed E-state index contributed by atoms with van der Waals surface area (Å²) in [5.74, 6) is 0.498. The summed E-state index contributed by atoms with van der Waals surface area (Å²) in [5, 5.41) is 13.9. The summed E-state index contributed by atoms with van der Waals surface area (Å²) in [6.07, 6.45) is 4.12. The van der Waals surface area contributed by atoms with Crippen molar-refractivity contribution in [2.45, 2.75) is 6.10 Å². The lowest BCUT2D eigenvalue weighted by Gasteiger charge is -2.04. The second-order valence-electron chi connectivity index (χ2n) is 2.98. The van der Waals surface area contributed by atoms with E-state index in [2.05, 4.69) is 21.0 Å². The molecule has 2 aromatic rings. The van der Waals surface area contributed by atoms with Crippen molar-refractivity contribution in [1.29, 1.82) is 0 Å². The van der Waals surface area contributed by atoms with E-state index in [0.717, 1.165) is 4.47 Å². The van der Waals surface area contributed by atoms with Gasteiger partial charge in [-0.2, -0.15) is 5.10 Å². The Hall–Kier alpha value is -1.07. The molecule has 0 aliphatic rings. The third-order valence-electron chi connectivity index (χ3n) is 1.93.